The van der Waals surface area contributed by atoms with E-state index in [2.05, 4.69) is 5.32 Å². The fourth-order valence-corrected chi connectivity index (χ4v) is 3.84. The SMILES string of the molecule is CC(=O)[C@H](CO[PH](O)(OC(C)(C)C)OC(C)(C)C)NC(=O)OC(C)(C)C. The van der Waals surface area contributed by atoms with E-state index in [-0.39, 0.29) is 12.4 Å². The summed E-state index contributed by atoms with van der Waals surface area (Å²) in [5.41, 5.74) is -2.15. The first-order valence-corrected chi connectivity index (χ1v) is 10.3. The zero-order chi connectivity index (χ0) is 21.0. The van der Waals surface area contributed by atoms with Crippen LogP contribution in [0.1, 0.15) is 69.2 Å². The molecule has 0 aliphatic heterocycles. The Morgan fingerprint density at radius 3 is 1.65 bits per heavy atom. The molecular weight excluding hydrogens is 361 g/mol. The van der Waals surface area contributed by atoms with E-state index in [9.17, 15) is 14.5 Å². The molecule has 0 unspecified atom stereocenters. The van der Waals surface area contributed by atoms with Crippen molar-refractivity contribution in [2.24, 2.45) is 0 Å². The maximum absolute atomic E-state index is 11.9. The molecule has 0 saturated heterocycles. The molecule has 1 atom stereocenters. The second kappa shape index (κ2) is 8.93. The van der Waals surface area contributed by atoms with E-state index >= 15 is 0 Å². The summed E-state index contributed by atoms with van der Waals surface area (Å²) in [6.07, 6.45) is -0.750. The van der Waals surface area contributed by atoms with Crippen molar-refractivity contribution in [2.45, 2.75) is 92.1 Å². The van der Waals surface area contributed by atoms with Gasteiger partial charge >= 0.3 is 157 Å². The molecule has 1 amide bonds. The third-order valence-corrected chi connectivity index (χ3v) is 4.76. The second-order valence-corrected chi connectivity index (χ2v) is 10.8. The minimum atomic E-state index is -4.07. The van der Waals surface area contributed by atoms with Crippen molar-refractivity contribution in [1.29, 1.82) is 0 Å². The number of alkyl carbamates (subject to hydrolysis) is 1. The van der Waals surface area contributed by atoms with Gasteiger partial charge in [-0.1, -0.05) is 0 Å². The zero-order valence-corrected chi connectivity index (χ0v) is 18.7. The summed E-state index contributed by atoms with van der Waals surface area (Å²) in [5.74, 6) is -0.348. The van der Waals surface area contributed by atoms with Gasteiger partial charge in [0.25, 0.3) is 0 Å². The van der Waals surface area contributed by atoms with Gasteiger partial charge in [0.15, 0.2) is 0 Å². The summed E-state index contributed by atoms with van der Waals surface area (Å²) in [4.78, 5) is 34.5. The Morgan fingerprint density at radius 1 is 0.923 bits per heavy atom. The summed E-state index contributed by atoms with van der Waals surface area (Å²) in [6, 6.07) is -1.00. The van der Waals surface area contributed by atoms with Gasteiger partial charge in [0.05, 0.1) is 0 Å². The van der Waals surface area contributed by atoms with Crippen molar-refractivity contribution in [2.75, 3.05) is 6.61 Å². The number of carbonyl (C=O) groups is 2. The third-order valence-electron chi connectivity index (χ3n) is 2.48. The van der Waals surface area contributed by atoms with Gasteiger partial charge in [0.1, 0.15) is 0 Å². The molecule has 0 aliphatic rings. The van der Waals surface area contributed by atoms with Crippen molar-refractivity contribution in [3.63, 3.8) is 0 Å². The van der Waals surface area contributed by atoms with Crippen LogP contribution in [0.5, 0.6) is 0 Å². The number of carbonyl (C=O) groups excluding carboxylic acids is 2. The monoisotopic (exact) mass is 397 g/mol. The number of nitrogens with one attached hydrogen (secondary N) is 1. The van der Waals surface area contributed by atoms with Crippen LogP contribution in [0.25, 0.3) is 0 Å². The van der Waals surface area contributed by atoms with Crippen molar-refractivity contribution in [1.82, 2.24) is 5.32 Å². The average Bonchev–Trinajstić information content (AvgIpc) is 2.26. The van der Waals surface area contributed by atoms with Crippen LogP contribution in [0.3, 0.4) is 0 Å². The number of ketones is 1. The topological polar surface area (TPSA) is 103 Å². The third kappa shape index (κ3) is 12.5. The molecule has 9 heteroatoms. The van der Waals surface area contributed by atoms with E-state index < -0.39 is 37.1 Å². The molecule has 0 fully saturated rings. The van der Waals surface area contributed by atoms with Crippen LogP contribution in [0.2, 0.25) is 0 Å². The van der Waals surface area contributed by atoms with E-state index in [4.69, 9.17) is 18.3 Å². The van der Waals surface area contributed by atoms with E-state index in [1.807, 2.05) is 0 Å². The molecule has 26 heavy (non-hydrogen) atoms. The Bertz CT molecular complexity index is 473. The Morgan fingerprint density at radius 2 is 1.35 bits per heavy atom. The van der Waals surface area contributed by atoms with Crippen LogP contribution >= 0.6 is 8.17 Å². The van der Waals surface area contributed by atoms with Crippen molar-refractivity contribution in [3.05, 3.63) is 0 Å². The maximum atomic E-state index is 11.9. The Balaban J connectivity index is 5.13. The van der Waals surface area contributed by atoms with Crippen LogP contribution in [0.15, 0.2) is 0 Å². The average molecular weight is 397 g/mol. The number of amides is 1. The molecule has 8 nitrogen and oxygen atoms in total. The van der Waals surface area contributed by atoms with E-state index in [0.29, 0.717) is 0 Å². The Hall–Kier alpha value is -0.790. The van der Waals surface area contributed by atoms with Gasteiger partial charge in [0, 0.05) is 0 Å². The van der Waals surface area contributed by atoms with E-state index in [1.165, 1.54) is 6.92 Å². The van der Waals surface area contributed by atoms with Gasteiger partial charge in [0.2, 0.25) is 0 Å². The molecule has 0 bridgehead atoms. The van der Waals surface area contributed by atoms with Crippen molar-refractivity contribution in [3.8, 4) is 0 Å². The van der Waals surface area contributed by atoms with Gasteiger partial charge < -0.3 is 0 Å². The molecule has 0 saturated carbocycles. The van der Waals surface area contributed by atoms with Crippen molar-refractivity contribution >= 4 is 20.0 Å². The summed E-state index contributed by atoms with van der Waals surface area (Å²) in [6.45, 7) is 16.7. The fraction of sp³-hybridized carbons (Fsp3) is 0.882. The second-order valence-electron chi connectivity index (χ2n) is 9.07. The van der Waals surface area contributed by atoms with Crippen LogP contribution < -0.4 is 5.32 Å². The van der Waals surface area contributed by atoms with E-state index in [0.717, 1.165) is 0 Å². The molecule has 0 rings (SSSR count). The quantitative estimate of drug-likeness (QED) is 0.634. The molecule has 0 spiro atoms. The van der Waals surface area contributed by atoms with Crippen LogP contribution in [-0.2, 0) is 23.1 Å². The summed E-state index contributed by atoms with van der Waals surface area (Å²) in [5, 5.41) is 2.44. The zero-order valence-electron chi connectivity index (χ0n) is 17.7. The van der Waals surface area contributed by atoms with Crippen LogP contribution in [-0.4, -0.2) is 46.2 Å². The van der Waals surface area contributed by atoms with Gasteiger partial charge in [-0.05, 0) is 0 Å². The Labute approximate surface area is 157 Å². The number of hydrogen-bond donors (Lipinski definition) is 2. The summed E-state index contributed by atoms with van der Waals surface area (Å²) < 4.78 is 21.9. The van der Waals surface area contributed by atoms with Crippen LogP contribution in [0, 0.1) is 0 Å². The van der Waals surface area contributed by atoms with Gasteiger partial charge in [-0.15, -0.1) is 0 Å². The molecule has 0 aromatic heterocycles. The summed E-state index contributed by atoms with van der Waals surface area (Å²) >= 11 is 0. The first-order chi connectivity index (χ1) is 11.3. The molecule has 0 aliphatic carbocycles. The van der Waals surface area contributed by atoms with E-state index in [1.54, 1.807) is 62.3 Å². The molecule has 0 radical (unpaired) electrons. The molecular formula is C17H36NO7P. The first-order valence-electron chi connectivity index (χ1n) is 8.58. The first kappa shape index (κ1) is 25.2. The molecule has 0 heterocycles. The minimum absolute atomic E-state index is 0.302. The molecule has 2 N–H and O–H groups in total. The number of rotatable bonds is 7. The fourth-order valence-electron chi connectivity index (χ4n) is 1.75. The molecule has 0 aromatic carbocycles. The standard InChI is InChI=1S/C17H36NO7P/c1-12(19)13(18-14(20)23-15(2,3)4)11-22-26(21,24-16(5,6)7)25-17(8,9)10/h13,21,26H,11H2,1-10H3,(H,18,20)/t13-/m0/s1. The van der Waals surface area contributed by atoms with Gasteiger partial charge in [-0.2, -0.15) is 0 Å². The van der Waals surface area contributed by atoms with Gasteiger partial charge in [-0.3, -0.25) is 0 Å². The molecule has 0 aromatic rings. The van der Waals surface area contributed by atoms with Gasteiger partial charge in [-0.25, -0.2) is 0 Å². The van der Waals surface area contributed by atoms with Crippen LogP contribution in [0.4, 0.5) is 4.79 Å². The predicted molar refractivity (Wildman–Crippen MR) is 102 cm³/mol. The van der Waals surface area contributed by atoms with Crippen molar-refractivity contribution < 1.29 is 32.8 Å². The number of ether oxygens (including phenoxy) is 1. The number of Topliss-reactive ketones (excluding diaryl/α,β-unsaturated/α-hetero) is 1. The predicted octanol–water partition coefficient (Wildman–Crippen LogP) is 3.52. The summed E-state index contributed by atoms with van der Waals surface area (Å²) in [7, 11) is -4.07. The molecule has 156 valence electrons. The number of hydrogen-bond acceptors (Lipinski definition) is 7. The normalized spacial score (nSPS) is 15.3. The Kier molecular flexibility index (Phi) is 8.66.